The van der Waals surface area contributed by atoms with E-state index in [1.807, 2.05) is 85.2 Å². The average molecular weight is 619 g/mol. The highest BCUT2D eigenvalue weighted by molar-refractivity contribution is 5.81. The van der Waals surface area contributed by atoms with Crippen LogP contribution in [-0.4, -0.2) is 39.9 Å². The fourth-order valence-electron chi connectivity index (χ4n) is 5.53. The van der Waals surface area contributed by atoms with Crippen molar-refractivity contribution in [2.75, 3.05) is 0 Å². The maximum absolute atomic E-state index is 5.12. The normalized spacial score (nSPS) is 10.9. The first kappa shape index (κ1) is 28.7. The van der Waals surface area contributed by atoms with E-state index in [-0.39, 0.29) is 0 Å². The van der Waals surface area contributed by atoms with Crippen molar-refractivity contribution in [1.82, 2.24) is 39.9 Å². The van der Waals surface area contributed by atoms with Crippen LogP contribution in [-0.2, 0) is 0 Å². The lowest BCUT2D eigenvalue weighted by Gasteiger charge is -2.13. The van der Waals surface area contributed by atoms with Crippen molar-refractivity contribution in [3.8, 4) is 78.7 Å². The van der Waals surface area contributed by atoms with E-state index >= 15 is 0 Å². The minimum Gasteiger partial charge on any atom is -0.265 e. The van der Waals surface area contributed by atoms with Crippen LogP contribution < -0.4 is 0 Å². The molecule has 226 valence electrons. The van der Waals surface area contributed by atoms with E-state index in [1.165, 1.54) is 0 Å². The fraction of sp³-hybridized carbons (Fsp3) is 0. The summed E-state index contributed by atoms with van der Waals surface area (Å²) < 4.78 is 0. The van der Waals surface area contributed by atoms with Crippen molar-refractivity contribution in [1.29, 1.82) is 0 Å². The molecule has 0 radical (unpaired) electrons. The second kappa shape index (κ2) is 12.9. The quantitative estimate of drug-likeness (QED) is 0.175. The van der Waals surface area contributed by atoms with Gasteiger partial charge in [-0.05, 0) is 119 Å². The topological polar surface area (TPSA) is 103 Å². The second-order valence-electron chi connectivity index (χ2n) is 11.1. The first-order valence-electron chi connectivity index (χ1n) is 15.4. The van der Waals surface area contributed by atoms with Crippen LogP contribution in [0.3, 0.4) is 0 Å². The van der Waals surface area contributed by atoms with Gasteiger partial charge < -0.3 is 0 Å². The molecule has 0 bridgehead atoms. The standard InChI is InChI=1S/C40H26N8/c1-4-37(46-25-31(1)27-5-13-41-14-6-27)39-24-38(32-2-3-36(45-26-32)30-11-19-44-20-12-30)47-40(48-39)35-22-33(28-7-15-42-16-8-28)21-34(23-35)29-9-17-43-18-10-29/h1-26H. The SMILES string of the molecule is c1cc(-c2ccc(-c3cc(-c4ccc(-c5ccncc5)nc4)nc(-c4cc(-c5ccncc5)cc(-c5ccncc5)c4)n3)nc2)ccn1. The summed E-state index contributed by atoms with van der Waals surface area (Å²) in [6.07, 6.45) is 18.0. The van der Waals surface area contributed by atoms with Gasteiger partial charge in [0.25, 0.3) is 0 Å². The van der Waals surface area contributed by atoms with Crippen LogP contribution in [0, 0.1) is 0 Å². The van der Waals surface area contributed by atoms with Gasteiger partial charge in [-0.15, -0.1) is 0 Å². The van der Waals surface area contributed by atoms with Gasteiger partial charge in [-0.25, -0.2) is 9.97 Å². The number of pyridine rings is 6. The molecule has 7 aromatic heterocycles. The zero-order valence-electron chi connectivity index (χ0n) is 25.6. The summed E-state index contributed by atoms with van der Waals surface area (Å²) in [5, 5.41) is 0. The van der Waals surface area contributed by atoms with E-state index in [9.17, 15) is 0 Å². The first-order chi connectivity index (χ1) is 23.8. The molecule has 0 fully saturated rings. The van der Waals surface area contributed by atoms with Gasteiger partial charge in [0, 0.05) is 84.2 Å². The molecule has 0 N–H and O–H groups in total. The Morgan fingerprint density at radius 2 is 0.708 bits per heavy atom. The van der Waals surface area contributed by atoms with E-state index in [2.05, 4.69) is 44.2 Å². The molecule has 8 rings (SSSR count). The maximum atomic E-state index is 5.12. The highest BCUT2D eigenvalue weighted by atomic mass is 14.9. The number of rotatable bonds is 7. The highest BCUT2D eigenvalue weighted by Gasteiger charge is 2.15. The van der Waals surface area contributed by atoms with E-state index in [1.54, 1.807) is 49.6 Å². The van der Waals surface area contributed by atoms with Gasteiger partial charge in [-0.3, -0.25) is 29.9 Å². The molecule has 8 aromatic rings. The van der Waals surface area contributed by atoms with E-state index in [0.717, 1.165) is 67.2 Å². The lowest BCUT2D eigenvalue weighted by atomic mass is 9.96. The van der Waals surface area contributed by atoms with Gasteiger partial charge >= 0.3 is 0 Å². The van der Waals surface area contributed by atoms with Crippen molar-refractivity contribution >= 4 is 0 Å². The van der Waals surface area contributed by atoms with Gasteiger partial charge in [0.15, 0.2) is 5.82 Å². The predicted molar refractivity (Wildman–Crippen MR) is 187 cm³/mol. The third-order valence-electron chi connectivity index (χ3n) is 8.02. The lowest BCUT2D eigenvalue weighted by molar-refractivity contribution is 1.16. The fourth-order valence-corrected chi connectivity index (χ4v) is 5.53. The molecule has 1 aromatic carbocycles. The Morgan fingerprint density at radius 3 is 1.23 bits per heavy atom. The molecule has 0 aliphatic rings. The van der Waals surface area contributed by atoms with Crippen LogP contribution >= 0.6 is 0 Å². The number of hydrogen-bond acceptors (Lipinski definition) is 8. The van der Waals surface area contributed by atoms with Crippen LogP contribution in [0.4, 0.5) is 0 Å². The van der Waals surface area contributed by atoms with Crippen LogP contribution in [0.1, 0.15) is 0 Å². The van der Waals surface area contributed by atoms with Crippen LogP contribution in [0.25, 0.3) is 78.7 Å². The Hall–Kier alpha value is -6.80. The summed E-state index contributed by atoms with van der Waals surface area (Å²) in [4.78, 5) is 36.5. The van der Waals surface area contributed by atoms with Crippen molar-refractivity contribution < 1.29 is 0 Å². The molecule has 0 saturated heterocycles. The number of nitrogens with zero attached hydrogens (tertiary/aromatic N) is 8. The smallest absolute Gasteiger partial charge is 0.160 e. The van der Waals surface area contributed by atoms with Gasteiger partial charge in [0.1, 0.15) is 0 Å². The van der Waals surface area contributed by atoms with Crippen molar-refractivity contribution in [3.63, 3.8) is 0 Å². The zero-order valence-corrected chi connectivity index (χ0v) is 25.6. The molecule has 0 spiro atoms. The molecular formula is C40H26N8. The molecule has 0 saturated carbocycles. The van der Waals surface area contributed by atoms with Gasteiger partial charge in [0.05, 0.1) is 22.8 Å². The molecule has 0 amide bonds. The van der Waals surface area contributed by atoms with Gasteiger partial charge in [0.2, 0.25) is 0 Å². The molecule has 48 heavy (non-hydrogen) atoms. The summed E-state index contributed by atoms with van der Waals surface area (Å²) in [5.74, 6) is 0.576. The van der Waals surface area contributed by atoms with Gasteiger partial charge in [-0.2, -0.15) is 0 Å². The summed E-state index contributed by atoms with van der Waals surface area (Å²) in [7, 11) is 0. The second-order valence-corrected chi connectivity index (χ2v) is 11.1. The molecular weight excluding hydrogens is 592 g/mol. The number of aromatic nitrogens is 8. The maximum Gasteiger partial charge on any atom is 0.160 e. The Labute approximate surface area is 277 Å². The molecule has 7 heterocycles. The molecule has 0 unspecified atom stereocenters. The summed E-state index contributed by atoms with van der Waals surface area (Å²) in [5.41, 5.74) is 12.0. The minimum absolute atomic E-state index is 0.576. The minimum atomic E-state index is 0.576. The molecule has 8 nitrogen and oxygen atoms in total. The monoisotopic (exact) mass is 618 g/mol. The first-order valence-corrected chi connectivity index (χ1v) is 15.4. The van der Waals surface area contributed by atoms with Crippen LogP contribution in [0.5, 0.6) is 0 Å². The van der Waals surface area contributed by atoms with E-state index in [0.29, 0.717) is 11.5 Å². The summed E-state index contributed by atoms with van der Waals surface area (Å²) >= 11 is 0. The van der Waals surface area contributed by atoms with Crippen molar-refractivity contribution in [2.45, 2.75) is 0 Å². The molecule has 8 heteroatoms. The molecule has 0 atom stereocenters. The van der Waals surface area contributed by atoms with Crippen molar-refractivity contribution in [3.05, 3.63) is 159 Å². The Morgan fingerprint density at radius 1 is 0.271 bits per heavy atom. The Bertz CT molecular complexity index is 2140. The molecule has 0 aliphatic heterocycles. The third-order valence-corrected chi connectivity index (χ3v) is 8.02. The average Bonchev–Trinajstić information content (AvgIpc) is 3.19. The van der Waals surface area contributed by atoms with Gasteiger partial charge in [-0.1, -0.05) is 6.07 Å². The largest absolute Gasteiger partial charge is 0.265 e. The number of benzene rings is 1. The van der Waals surface area contributed by atoms with Crippen LogP contribution in [0.15, 0.2) is 159 Å². The highest BCUT2D eigenvalue weighted by Crippen LogP contribution is 2.34. The van der Waals surface area contributed by atoms with Crippen molar-refractivity contribution in [2.24, 2.45) is 0 Å². The lowest BCUT2D eigenvalue weighted by Crippen LogP contribution is -1.98. The summed E-state index contributed by atoms with van der Waals surface area (Å²) in [6, 6.07) is 32.3. The molecule has 0 aliphatic carbocycles. The zero-order chi connectivity index (χ0) is 32.1. The Kier molecular flexibility index (Phi) is 7.70. The van der Waals surface area contributed by atoms with E-state index in [4.69, 9.17) is 19.9 Å². The third kappa shape index (κ3) is 6.05. The van der Waals surface area contributed by atoms with E-state index < -0.39 is 0 Å². The Balaban J connectivity index is 1.28. The summed E-state index contributed by atoms with van der Waals surface area (Å²) in [6.45, 7) is 0. The van der Waals surface area contributed by atoms with Crippen LogP contribution in [0.2, 0.25) is 0 Å². The predicted octanol–water partition coefficient (Wildman–Crippen LogP) is 8.52. The number of hydrogen-bond donors (Lipinski definition) is 0.